The van der Waals surface area contributed by atoms with Gasteiger partial charge in [0.1, 0.15) is 0 Å². The summed E-state index contributed by atoms with van der Waals surface area (Å²) in [5.41, 5.74) is 6.01. The highest BCUT2D eigenvalue weighted by Crippen LogP contribution is 2.35. The van der Waals surface area contributed by atoms with Crippen molar-refractivity contribution >= 4 is 12.6 Å². The van der Waals surface area contributed by atoms with Gasteiger partial charge < -0.3 is 10.6 Å². The Morgan fingerprint density at radius 2 is 2.00 bits per heavy atom. The molecule has 1 aliphatic carbocycles. The number of hydrogen-bond acceptors (Lipinski definition) is 3. The quantitative estimate of drug-likeness (QED) is 0.741. The lowest BCUT2D eigenvalue weighted by molar-refractivity contribution is 0.0855. The van der Waals surface area contributed by atoms with Crippen LogP contribution in [0.5, 0.6) is 0 Å². The van der Waals surface area contributed by atoms with Crippen LogP contribution in [0, 0.1) is 11.8 Å². The Morgan fingerprint density at radius 3 is 2.75 bits per heavy atom. The topological polar surface area (TPSA) is 29.3 Å². The Hall–Kier alpha value is 0.01000. The van der Waals surface area contributed by atoms with Crippen LogP contribution in [0.1, 0.15) is 32.1 Å². The maximum atomic E-state index is 6.01. The zero-order valence-electron chi connectivity index (χ0n) is 10.0. The third kappa shape index (κ3) is 3.25. The molecule has 0 radical (unpaired) electrons. The summed E-state index contributed by atoms with van der Waals surface area (Å²) >= 11 is 4.07. The van der Waals surface area contributed by atoms with Gasteiger partial charge in [-0.15, -0.1) is 0 Å². The van der Waals surface area contributed by atoms with E-state index in [1.165, 1.54) is 45.2 Å². The second-order valence-electron chi connectivity index (χ2n) is 5.36. The van der Waals surface area contributed by atoms with Crippen molar-refractivity contribution in [3.8, 4) is 0 Å². The number of nitrogens with zero attached hydrogens (tertiary/aromatic N) is 1. The number of fused-ring (bicyclic) bond motifs is 1. The van der Waals surface area contributed by atoms with E-state index in [-0.39, 0.29) is 6.04 Å². The SMILES string of the molecule is NC(C=CS)CN1CCC2CCCCC2C1. The Balaban J connectivity index is 1.80. The van der Waals surface area contributed by atoms with Crippen molar-refractivity contribution in [3.63, 3.8) is 0 Å². The molecular weight excluding hydrogens is 216 g/mol. The van der Waals surface area contributed by atoms with E-state index in [9.17, 15) is 0 Å². The Morgan fingerprint density at radius 1 is 1.25 bits per heavy atom. The average Bonchev–Trinajstić information content (AvgIpc) is 2.29. The molecule has 3 heteroatoms. The lowest BCUT2D eigenvalue weighted by Gasteiger charge is -2.41. The van der Waals surface area contributed by atoms with Crippen molar-refractivity contribution in [2.24, 2.45) is 17.6 Å². The molecule has 0 aromatic heterocycles. The second kappa shape index (κ2) is 6.08. The molecule has 92 valence electrons. The lowest BCUT2D eigenvalue weighted by Crippen LogP contribution is -2.46. The summed E-state index contributed by atoms with van der Waals surface area (Å²) in [6.07, 6.45) is 9.19. The molecule has 1 saturated heterocycles. The van der Waals surface area contributed by atoms with Crippen LogP contribution in [-0.2, 0) is 0 Å². The van der Waals surface area contributed by atoms with Crippen LogP contribution in [0.25, 0.3) is 0 Å². The van der Waals surface area contributed by atoms with Crippen molar-refractivity contribution in [1.29, 1.82) is 0 Å². The van der Waals surface area contributed by atoms with Gasteiger partial charge in [-0.05, 0) is 36.6 Å². The van der Waals surface area contributed by atoms with E-state index >= 15 is 0 Å². The Bertz CT molecular complexity index is 242. The van der Waals surface area contributed by atoms with E-state index in [2.05, 4.69) is 17.5 Å². The van der Waals surface area contributed by atoms with Crippen LogP contribution in [0.3, 0.4) is 0 Å². The molecule has 2 fully saturated rings. The van der Waals surface area contributed by atoms with E-state index < -0.39 is 0 Å². The summed E-state index contributed by atoms with van der Waals surface area (Å²) in [6.45, 7) is 3.52. The minimum atomic E-state index is 0.151. The van der Waals surface area contributed by atoms with Gasteiger partial charge in [0, 0.05) is 19.1 Å². The Kier molecular flexibility index (Phi) is 4.74. The van der Waals surface area contributed by atoms with Gasteiger partial charge in [0.2, 0.25) is 0 Å². The van der Waals surface area contributed by atoms with Crippen molar-refractivity contribution in [2.75, 3.05) is 19.6 Å². The molecule has 1 heterocycles. The highest BCUT2D eigenvalue weighted by atomic mass is 32.1. The predicted octanol–water partition coefficient (Wildman–Crippen LogP) is 2.27. The van der Waals surface area contributed by atoms with Gasteiger partial charge >= 0.3 is 0 Å². The van der Waals surface area contributed by atoms with Crippen molar-refractivity contribution in [2.45, 2.75) is 38.1 Å². The molecule has 1 saturated carbocycles. The average molecular weight is 240 g/mol. The summed E-state index contributed by atoms with van der Waals surface area (Å²) < 4.78 is 0. The van der Waals surface area contributed by atoms with Crippen LogP contribution >= 0.6 is 12.6 Å². The molecule has 1 aliphatic heterocycles. The monoisotopic (exact) mass is 240 g/mol. The first-order valence-corrected chi connectivity index (χ1v) is 7.10. The maximum Gasteiger partial charge on any atom is 0.0361 e. The molecule has 16 heavy (non-hydrogen) atoms. The van der Waals surface area contributed by atoms with Gasteiger partial charge in [-0.3, -0.25) is 0 Å². The standard InChI is InChI=1S/C13H24N2S/c14-13(6-8-16)10-15-7-5-11-3-1-2-4-12(11)9-15/h6,8,11-13,16H,1-5,7,9-10,14H2. The third-order valence-corrected chi connectivity index (χ3v) is 4.35. The number of hydrogen-bond donors (Lipinski definition) is 2. The number of piperidine rings is 1. The number of nitrogens with two attached hydrogens (primary N) is 1. The number of rotatable bonds is 3. The second-order valence-corrected chi connectivity index (χ2v) is 5.66. The minimum absolute atomic E-state index is 0.151. The van der Waals surface area contributed by atoms with Crippen molar-refractivity contribution in [1.82, 2.24) is 4.90 Å². The molecule has 2 N–H and O–H groups in total. The fourth-order valence-corrected chi connectivity index (χ4v) is 3.53. The smallest absolute Gasteiger partial charge is 0.0361 e. The number of thiol groups is 1. The molecule has 2 nitrogen and oxygen atoms in total. The lowest BCUT2D eigenvalue weighted by atomic mass is 9.75. The molecular formula is C13H24N2S. The molecule has 3 atom stereocenters. The normalized spacial score (nSPS) is 33.9. The van der Waals surface area contributed by atoms with Crippen LogP contribution < -0.4 is 5.73 Å². The van der Waals surface area contributed by atoms with Gasteiger partial charge in [-0.2, -0.15) is 12.6 Å². The highest BCUT2D eigenvalue weighted by Gasteiger charge is 2.31. The molecule has 0 amide bonds. The highest BCUT2D eigenvalue weighted by molar-refractivity contribution is 7.83. The summed E-state index contributed by atoms with van der Waals surface area (Å²) in [6, 6.07) is 0.151. The largest absolute Gasteiger partial charge is 0.323 e. The summed E-state index contributed by atoms with van der Waals surface area (Å²) in [5.74, 6) is 1.97. The van der Waals surface area contributed by atoms with E-state index in [1.807, 2.05) is 6.08 Å². The van der Waals surface area contributed by atoms with Crippen molar-refractivity contribution in [3.05, 3.63) is 11.5 Å². The first kappa shape index (κ1) is 12.5. The molecule has 0 aromatic rings. The first-order chi connectivity index (χ1) is 7.79. The Labute approximate surface area is 105 Å². The first-order valence-electron chi connectivity index (χ1n) is 6.58. The maximum absolute atomic E-state index is 6.01. The summed E-state index contributed by atoms with van der Waals surface area (Å²) in [4.78, 5) is 2.55. The molecule has 2 rings (SSSR count). The van der Waals surface area contributed by atoms with Crippen LogP contribution in [0.15, 0.2) is 11.5 Å². The third-order valence-electron chi connectivity index (χ3n) is 4.18. The minimum Gasteiger partial charge on any atom is -0.323 e. The van der Waals surface area contributed by atoms with Gasteiger partial charge in [-0.1, -0.05) is 25.3 Å². The molecule has 0 aromatic carbocycles. The van der Waals surface area contributed by atoms with Crippen LogP contribution in [-0.4, -0.2) is 30.6 Å². The summed E-state index contributed by atoms with van der Waals surface area (Å²) in [7, 11) is 0. The number of likely N-dealkylation sites (tertiary alicyclic amines) is 1. The van der Waals surface area contributed by atoms with Crippen LogP contribution in [0.2, 0.25) is 0 Å². The predicted molar refractivity (Wildman–Crippen MR) is 72.6 cm³/mol. The summed E-state index contributed by atoms with van der Waals surface area (Å²) in [5, 5.41) is 1.76. The van der Waals surface area contributed by atoms with Gasteiger partial charge in [-0.25, -0.2) is 0 Å². The van der Waals surface area contributed by atoms with E-state index in [0.29, 0.717) is 0 Å². The molecule has 3 unspecified atom stereocenters. The van der Waals surface area contributed by atoms with Crippen LogP contribution in [0.4, 0.5) is 0 Å². The molecule has 0 bridgehead atoms. The van der Waals surface area contributed by atoms with Gasteiger partial charge in [0.05, 0.1) is 0 Å². The zero-order valence-corrected chi connectivity index (χ0v) is 10.9. The van der Waals surface area contributed by atoms with Crippen molar-refractivity contribution < 1.29 is 0 Å². The van der Waals surface area contributed by atoms with Gasteiger partial charge in [0.15, 0.2) is 0 Å². The fourth-order valence-electron chi connectivity index (χ4n) is 3.31. The van der Waals surface area contributed by atoms with E-state index in [0.717, 1.165) is 18.4 Å². The molecule has 0 spiro atoms. The fraction of sp³-hybridized carbons (Fsp3) is 0.846. The van der Waals surface area contributed by atoms with Gasteiger partial charge in [0.25, 0.3) is 0 Å². The molecule has 2 aliphatic rings. The zero-order chi connectivity index (χ0) is 11.4. The van der Waals surface area contributed by atoms with E-state index in [1.54, 1.807) is 5.41 Å². The van der Waals surface area contributed by atoms with E-state index in [4.69, 9.17) is 5.73 Å².